The van der Waals surface area contributed by atoms with E-state index in [4.69, 9.17) is 14.2 Å². The largest absolute Gasteiger partial charge is 0.493 e. The van der Waals surface area contributed by atoms with Crippen LogP contribution in [0.15, 0.2) is 12.1 Å². The lowest BCUT2D eigenvalue weighted by molar-refractivity contribution is 0.111. The van der Waals surface area contributed by atoms with Gasteiger partial charge in [-0.25, -0.2) is 4.98 Å². The molecule has 1 aliphatic heterocycles. The van der Waals surface area contributed by atoms with Gasteiger partial charge in [0.2, 0.25) is 16.6 Å². The second-order valence-corrected chi connectivity index (χ2v) is 9.41. The van der Waals surface area contributed by atoms with Gasteiger partial charge in [-0.3, -0.25) is 4.90 Å². The van der Waals surface area contributed by atoms with Crippen LogP contribution in [0.2, 0.25) is 0 Å². The van der Waals surface area contributed by atoms with Crippen LogP contribution in [0.4, 0.5) is 0 Å². The lowest BCUT2D eigenvalue weighted by atomic mass is 9.89. The first-order chi connectivity index (χ1) is 14.9. The molecular formula is C22H30N4O4S. The van der Waals surface area contributed by atoms with Crippen LogP contribution in [0.1, 0.15) is 42.6 Å². The summed E-state index contributed by atoms with van der Waals surface area (Å²) in [6.45, 7) is 8.24. The normalized spacial score (nSPS) is 20.7. The highest BCUT2D eigenvalue weighted by Crippen LogP contribution is 2.46. The first-order valence-corrected chi connectivity index (χ1v) is 11.3. The molecule has 0 aliphatic carbocycles. The minimum absolute atomic E-state index is 0.130. The summed E-state index contributed by atoms with van der Waals surface area (Å²) in [5.41, 5.74) is 0.965. The quantitative estimate of drug-likeness (QED) is 0.615. The van der Waals surface area contributed by atoms with Crippen LogP contribution in [-0.2, 0) is 0 Å². The van der Waals surface area contributed by atoms with Crippen molar-refractivity contribution in [2.45, 2.75) is 33.2 Å². The number of hydrogen-bond donors (Lipinski definition) is 1. The Morgan fingerprint density at radius 2 is 1.68 bits per heavy atom. The Bertz CT molecular complexity index is 1040. The zero-order valence-electron chi connectivity index (χ0n) is 18.9. The van der Waals surface area contributed by atoms with Crippen LogP contribution < -0.4 is 14.2 Å². The average molecular weight is 447 g/mol. The summed E-state index contributed by atoms with van der Waals surface area (Å²) in [6.07, 6.45) is 1.19. The summed E-state index contributed by atoms with van der Waals surface area (Å²) in [5, 5.41) is 15.5. The summed E-state index contributed by atoms with van der Waals surface area (Å²) in [6, 6.07) is 3.75. The number of methoxy groups -OCH3 is 3. The fourth-order valence-corrected chi connectivity index (χ4v) is 5.90. The highest BCUT2D eigenvalue weighted by molar-refractivity contribution is 7.17. The van der Waals surface area contributed by atoms with Crippen LogP contribution in [-0.4, -0.2) is 59.0 Å². The molecule has 1 N–H and O–H groups in total. The molecule has 31 heavy (non-hydrogen) atoms. The molecule has 3 aromatic rings. The molecule has 3 atom stereocenters. The first kappa shape index (κ1) is 21.7. The fourth-order valence-electron chi connectivity index (χ4n) is 4.74. The number of nitrogens with zero attached hydrogens (tertiary/aromatic N) is 4. The standard InChI is InChI=1S/C22H30N4O4S/c1-12-7-13(2)11-25(10-12)18(20-21(27)26-22(31-20)23-14(3)24-26)15-8-16(28-4)19(30-6)17(9-15)29-5/h8-9,12-13,18,27H,7,10-11H2,1-6H3/t12-,13+,18-/m1/s1. The Kier molecular flexibility index (Phi) is 5.98. The van der Waals surface area contributed by atoms with E-state index in [1.54, 1.807) is 21.3 Å². The molecule has 0 radical (unpaired) electrons. The van der Waals surface area contributed by atoms with Crippen LogP contribution in [0.3, 0.4) is 0 Å². The third kappa shape index (κ3) is 3.92. The number of hydrogen-bond acceptors (Lipinski definition) is 8. The Labute approximate surface area is 186 Å². The van der Waals surface area contributed by atoms with Crippen molar-refractivity contribution in [1.29, 1.82) is 0 Å². The molecule has 0 amide bonds. The summed E-state index contributed by atoms with van der Waals surface area (Å²) in [5.74, 6) is 3.61. The molecular weight excluding hydrogens is 416 g/mol. The highest BCUT2D eigenvalue weighted by Gasteiger charge is 2.34. The number of ether oxygens (including phenoxy) is 3. The van der Waals surface area contributed by atoms with Gasteiger partial charge in [-0.15, -0.1) is 5.10 Å². The van der Waals surface area contributed by atoms with E-state index in [0.717, 1.165) is 23.5 Å². The number of aryl methyl sites for hydroxylation is 1. The van der Waals surface area contributed by atoms with Crippen LogP contribution in [0.25, 0.3) is 4.96 Å². The average Bonchev–Trinajstić information content (AvgIpc) is 3.24. The second-order valence-electron chi connectivity index (χ2n) is 8.40. The maximum absolute atomic E-state index is 11.1. The lowest BCUT2D eigenvalue weighted by Gasteiger charge is -2.40. The van der Waals surface area contributed by atoms with Crippen LogP contribution in [0.5, 0.6) is 23.1 Å². The number of likely N-dealkylation sites (tertiary alicyclic amines) is 1. The molecule has 0 bridgehead atoms. The zero-order valence-corrected chi connectivity index (χ0v) is 19.7. The first-order valence-electron chi connectivity index (χ1n) is 10.4. The second kappa shape index (κ2) is 8.55. The number of benzene rings is 1. The van der Waals surface area contributed by atoms with E-state index >= 15 is 0 Å². The van der Waals surface area contributed by atoms with Gasteiger partial charge in [0.25, 0.3) is 0 Å². The van der Waals surface area contributed by atoms with Gasteiger partial charge in [-0.05, 0) is 42.9 Å². The Morgan fingerprint density at radius 1 is 1.06 bits per heavy atom. The van der Waals surface area contributed by atoms with E-state index in [2.05, 4.69) is 28.8 Å². The highest BCUT2D eigenvalue weighted by atomic mass is 32.1. The van der Waals surface area contributed by atoms with Crippen LogP contribution in [0, 0.1) is 18.8 Å². The van der Waals surface area contributed by atoms with Crippen molar-refractivity contribution in [3.05, 3.63) is 28.4 Å². The zero-order chi connectivity index (χ0) is 22.3. The topological polar surface area (TPSA) is 81.4 Å². The van der Waals surface area contributed by atoms with Crippen molar-refractivity contribution in [3.63, 3.8) is 0 Å². The van der Waals surface area contributed by atoms with Crippen molar-refractivity contribution >= 4 is 16.3 Å². The van der Waals surface area contributed by atoms with Gasteiger partial charge in [0.1, 0.15) is 5.82 Å². The van der Waals surface area contributed by atoms with Gasteiger partial charge in [0.15, 0.2) is 11.5 Å². The molecule has 168 valence electrons. The maximum Gasteiger partial charge on any atom is 0.230 e. The molecule has 0 spiro atoms. The molecule has 2 aromatic heterocycles. The van der Waals surface area contributed by atoms with E-state index in [1.807, 2.05) is 19.1 Å². The number of rotatable bonds is 6. The minimum Gasteiger partial charge on any atom is -0.493 e. The van der Waals surface area contributed by atoms with Crippen molar-refractivity contribution in [2.24, 2.45) is 11.8 Å². The molecule has 1 aliphatic rings. The molecule has 0 unspecified atom stereocenters. The Balaban J connectivity index is 1.90. The van der Waals surface area contributed by atoms with Gasteiger partial charge in [-0.1, -0.05) is 25.2 Å². The third-order valence-corrected chi connectivity index (χ3v) is 6.89. The number of aromatic hydroxyl groups is 1. The van der Waals surface area contributed by atoms with E-state index in [1.165, 1.54) is 22.3 Å². The molecule has 1 fully saturated rings. The van der Waals surface area contributed by atoms with Crippen LogP contribution >= 0.6 is 11.3 Å². The molecule has 1 saturated heterocycles. The number of fused-ring (bicyclic) bond motifs is 1. The predicted molar refractivity (Wildman–Crippen MR) is 120 cm³/mol. The summed E-state index contributed by atoms with van der Waals surface area (Å²) >= 11 is 1.47. The minimum atomic E-state index is -0.187. The van der Waals surface area contributed by atoms with Gasteiger partial charge < -0.3 is 19.3 Å². The summed E-state index contributed by atoms with van der Waals surface area (Å²) < 4.78 is 18.3. The SMILES string of the molecule is COc1cc([C@H](c2sc3nc(C)nn3c2O)N2C[C@H](C)C[C@H](C)C2)cc(OC)c1OC. The third-order valence-electron chi connectivity index (χ3n) is 5.82. The number of piperidine rings is 1. The number of thiazole rings is 1. The Morgan fingerprint density at radius 3 is 2.19 bits per heavy atom. The van der Waals surface area contributed by atoms with Gasteiger partial charge >= 0.3 is 0 Å². The fraction of sp³-hybridized carbons (Fsp3) is 0.545. The molecule has 0 saturated carbocycles. The van der Waals surface area contributed by atoms with Gasteiger partial charge in [0, 0.05) is 13.1 Å². The van der Waals surface area contributed by atoms with E-state index in [0.29, 0.717) is 39.9 Å². The van der Waals surface area contributed by atoms with Crippen molar-refractivity contribution in [3.8, 4) is 23.1 Å². The lowest BCUT2D eigenvalue weighted by Crippen LogP contribution is -2.41. The van der Waals surface area contributed by atoms with Gasteiger partial charge in [0.05, 0.1) is 32.2 Å². The molecule has 8 nitrogen and oxygen atoms in total. The number of aromatic nitrogens is 3. The van der Waals surface area contributed by atoms with Crippen molar-refractivity contribution in [2.75, 3.05) is 34.4 Å². The van der Waals surface area contributed by atoms with E-state index in [-0.39, 0.29) is 11.9 Å². The maximum atomic E-state index is 11.1. The van der Waals surface area contributed by atoms with E-state index < -0.39 is 0 Å². The van der Waals surface area contributed by atoms with Crippen molar-refractivity contribution < 1.29 is 19.3 Å². The molecule has 3 heterocycles. The molecule has 4 rings (SSSR count). The monoisotopic (exact) mass is 446 g/mol. The van der Waals surface area contributed by atoms with E-state index in [9.17, 15) is 5.11 Å². The molecule has 1 aromatic carbocycles. The Hall–Kier alpha value is -2.52. The smallest absolute Gasteiger partial charge is 0.230 e. The van der Waals surface area contributed by atoms with Crippen molar-refractivity contribution in [1.82, 2.24) is 19.5 Å². The summed E-state index contributed by atoms with van der Waals surface area (Å²) in [7, 11) is 4.83. The molecule has 9 heteroatoms. The summed E-state index contributed by atoms with van der Waals surface area (Å²) in [4.78, 5) is 8.38. The predicted octanol–water partition coefficient (Wildman–Crippen LogP) is 3.90. The van der Waals surface area contributed by atoms with Gasteiger partial charge in [-0.2, -0.15) is 4.52 Å².